The van der Waals surface area contributed by atoms with Crippen molar-refractivity contribution in [2.75, 3.05) is 0 Å². The summed E-state index contributed by atoms with van der Waals surface area (Å²) in [4.78, 5) is 17.7. The first-order valence-corrected chi connectivity index (χ1v) is 4.28. The van der Waals surface area contributed by atoms with Crippen molar-refractivity contribution in [2.24, 2.45) is 0 Å². The molecule has 2 N–H and O–H groups in total. The third-order valence-electron chi connectivity index (χ3n) is 2.41. The summed E-state index contributed by atoms with van der Waals surface area (Å²) in [6.07, 6.45) is 1.55. The second kappa shape index (κ2) is 2.83. The number of aromatic carboxylic acids is 1. The summed E-state index contributed by atoms with van der Waals surface area (Å²) in [5.41, 5.74) is 3.08. The van der Waals surface area contributed by atoms with Crippen molar-refractivity contribution in [1.29, 1.82) is 0 Å². The molecule has 4 heteroatoms. The second-order valence-corrected chi connectivity index (χ2v) is 3.30. The Morgan fingerprint density at radius 2 is 2.21 bits per heavy atom. The molecule has 0 saturated carbocycles. The third kappa shape index (κ3) is 1.16. The highest BCUT2D eigenvalue weighted by Gasteiger charge is 2.09. The number of hydrogen-bond acceptors (Lipinski definition) is 2. The highest BCUT2D eigenvalue weighted by molar-refractivity contribution is 5.92. The van der Waals surface area contributed by atoms with Gasteiger partial charge in [0.25, 0.3) is 0 Å². The van der Waals surface area contributed by atoms with E-state index in [0.717, 1.165) is 22.2 Å². The van der Waals surface area contributed by atoms with E-state index in [1.54, 1.807) is 12.3 Å². The summed E-state index contributed by atoms with van der Waals surface area (Å²) in [6.45, 7) is 3.91. The molecule has 0 fully saturated rings. The van der Waals surface area contributed by atoms with Gasteiger partial charge in [-0.1, -0.05) is 0 Å². The number of nitrogens with zero attached hydrogens (tertiary/aromatic N) is 1. The molecule has 4 nitrogen and oxygen atoms in total. The van der Waals surface area contributed by atoms with Gasteiger partial charge in [-0.2, -0.15) is 0 Å². The minimum absolute atomic E-state index is 0.0830. The Morgan fingerprint density at radius 1 is 1.50 bits per heavy atom. The van der Waals surface area contributed by atoms with Crippen molar-refractivity contribution in [1.82, 2.24) is 9.97 Å². The van der Waals surface area contributed by atoms with Crippen molar-refractivity contribution in [3.05, 3.63) is 29.2 Å². The van der Waals surface area contributed by atoms with E-state index < -0.39 is 5.97 Å². The van der Waals surface area contributed by atoms with Crippen LogP contribution in [0, 0.1) is 13.8 Å². The minimum atomic E-state index is -0.995. The van der Waals surface area contributed by atoms with E-state index in [2.05, 4.69) is 9.97 Å². The Morgan fingerprint density at radius 3 is 2.86 bits per heavy atom. The van der Waals surface area contributed by atoms with E-state index in [0.29, 0.717) is 0 Å². The number of aromatic amines is 1. The maximum Gasteiger partial charge on any atom is 0.354 e. The van der Waals surface area contributed by atoms with Gasteiger partial charge in [0.2, 0.25) is 0 Å². The Bertz CT molecular complexity index is 514. The normalized spacial score (nSPS) is 10.7. The number of rotatable bonds is 1. The van der Waals surface area contributed by atoms with Crippen LogP contribution in [0.4, 0.5) is 0 Å². The van der Waals surface area contributed by atoms with Gasteiger partial charge in [-0.25, -0.2) is 9.78 Å². The van der Waals surface area contributed by atoms with Crippen LogP contribution in [0.3, 0.4) is 0 Å². The van der Waals surface area contributed by atoms with E-state index in [9.17, 15) is 4.79 Å². The molecule has 0 radical (unpaired) electrons. The van der Waals surface area contributed by atoms with E-state index in [-0.39, 0.29) is 5.69 Å². The third-order valence-corrected chi connectivity index (χ3v) is 2.41. The van der Waals surface area contributed by atoms with Gasteiger partial charge in [-0.05, 0) is 25.5 Å². The lowest BCUT2D eigenvalue weighted by Gasteiger charge is -1.94. The maximum atomic E-state index is 10.7. The number of carbonyl (C=O) groups is 1. The zero-order valence-electron chi connectivity index (χ0n) is 7.96. The number of nitrogens with one attached hydrogen (secondary N) is 1. The lowest BCUT2D eigenvalue weighted by Crippen LogP contribution is -1.98. The van der Waals surface area contributed by atoms with Crippen LogP contribution in [-0.2, 0) is 0 Å². The molecule has 2 heterocycles. The summed E-state index contributed by atoms with van der Waals surface area (Å²) in [6, 6.07) is 1.59. The predicted octanol–water partition coefficient (Wildman–Crippen LogP) is 1.88. The summed E-state index contributed by atoms with van der Waals surface area (Å²) in [5.74, 6) is -0.995. The number of aryl methyl sites for hydroxylation is 2. The van der Waals surface area contributed by atoms with E-state index in [1.165, 1.54) is 0 Å². The summed E-state index contributed by atoms with van der Waals surface area (Å²) in [5, 5.41) is 9.70. The SMILES string of the molecule is Cc1[nH]c2cnc(C(=O)O)cc2c1C. The Hall–Kier alpha value is -1.84. The van der Waals surface area contributed by atoms with Crippen molar-refractivity contribution in [2.45, 2.75) is 13.8 Å². The molecule has 0 aliphatic rings. The standard InChI is InChI=1S/C10H10N2O2/c1-5-6(2)12-9-4-11-8(10(13)14)3-7(5)9/h3-4,12H,1-2H3,(H,13,14). The van der Waals surface area contributed by atoms with Crippen LogP contribution in [-0.4, -0.2) is 21.0 Å². The highest BCUT2D eigenvalue weighted by Crippen LogP contribution is 2.20. The van der Waals surface area contributed by atoms with Crippen molar-refractivity contribution >= 4 is 16.9 Å². The first-order chi connectivity index (χ1) is 6.59. The summed E-state index contributed by atoms with van der Waals surface area (Å²) in [7, 11) is 0. The number of hydrogen-bond donors (Lipinski definition) is 2. The number of aromatic nitrogens is 2. The van der Waals surface area contributed by atoms with Gasteiger partial charge in [0.15, 0.2) is 0 Å². The summed E-state index contributed by atoms with van der Waals surface area (Å²) >= 11 is 0. The number of carboxylic acids is 1. The van der Waals surface area contributed by atoms with Gasteiger partial charge in [-0.15, -0.1) is 0 Å². The van der Waals surface area contributed by atoms with Crippen LogP contribution in [0.1, 0.15) is 21.7 Å². The number of H-pyrrole nitrogens is 1. The molecule has 14 heavy (non-hydrogen) atoms. The van der Waals surface area contributed by atoms with Gasteiger partial charge in [0.1, 0.15) is 5.69 Å². The molecular formula is C10H10N2O2. The predicted molar refractivity (Wildman–Crippen MR) is 52.5 cm³/mol. The number of pyridine rings is 1. The molecule has 2 rings (SSSR count). The van der Waals surface area contributed by atoms with E-state index in [4.69, 9.17) is 5.11 Å². The van der Waals surface area contributed by atoms with Crippen LogP contribution in [0.25, 0.3) is 10.9 Å². The van der Waals surface area contributed by atoms with Crippen molar-refractivity contribution in [3.63, 3.8) is 0 Å². The molecule has 0 aliphatic heterocycles. The van der Waals surface area contributed by atoms with Gasteiger partial charge in [0.05, 0.1) is 11.7 Å². The molecule has 2 aromatic rings. The quantitative estimate of drug-likeness (QED) is 0.721. The molecule has 0 atom stereocenters. The van der Waals surface area contributed by atoms with Gasteiger partial charge in [0, 0.05) is 11.1 Å². The van der Waals surface area contributed by atoms with Gasteiger partial charge >= 0.3 is 5.97 Å². The van der Waals surface area contributed by atoms with E-state index >= 15 is 0 Å². The fourth-order valence-corrected chi connectivity index (χ4v) is 1.48. The molecule has 0 spiro atoms. The molecule has 0 amide bonds. The van der Waals surface area contributed by atoms with Crippen LogP contribution in [0.15, 0.2) is 12.3 Å². The first kappa shape index (κ1) is 8.74. The largest absolute Gasteiger partial charge is 0.477 e. The Balaban J connectivity index is 2.76. The number of carboxylic acid groups (broad SMARTS) is 1. The van der Waals surface area contributed by atoms with Crippen molar-refractivity contribution < 1.29 is 9.90 Å². The van der Waals surface area contributed by atoms with Crippen LogP contribution in [0.2, 0.25) is 0 Å². The lowest BCUT2D eigenvalue weighted by atomic mass is 10.2. The zero-order valence-corrected chi connectivity index (χ0v) is 7.96. The van der Waals surface area contributed by atoms with Crippen LogP contribution >= 0.6 is 0 Å². The van der Waals surface area contributed by atoms with Gasteiger partial charge in [-0.3, -0.25) is 0 Å². The monoisotopic (exact) mass is 190 g/mol. The molecule has 0 bridgehead atoms. The minimum Gasteiger partial charge on any atom is -0.477 e. The molecule has 0 aromatic carbocycles. The topological polar surface area (TPSA) is 66.0 Å². The molecular weight excluding hydrogens is 180 g/mol. The smallest absolute Gasteiger partial charge is 0.354 e. The second-order valence-electron chi connectivity index (χ2n) is 3.30. The van der Waals surface area contributed by atoms with Gasteiger partial charge < -0.3 is 10.1 Å². The number of fused-ring (bicyclic) bond motifs is 1. The molecule has 72 valence electrons. The molecule has 2 aromatic heterocycles. The van der Waals surface area contributed by atoms with Crippen LogP contribution < -0.4 is 0 Å². The first-order valence-electron chi connectivity index (χ1n) is 4.28. The van der Waals surface area contributed by atoms with Crippen LogP contribution in [0.5, 0.6) is 0 Å². The molecule has 0 aliphatic carbocycles. The fourth-order valence-electron chi connectivity index (χ4n) is 1.48. The van der Waals surface area contributed by atoms with Crippen molar-refractivity contribution in [3.8, 4) is 0 Å². The Labute approximate surface area is 80.6 Å². The van der Waals surface area contributed by atoms with E-state index in [1.807, 2.05) is 13.8 Å². The fraction of sp³-hybridized carbons (Fsp3) is 0.200. The average Bonchev–Trinajstić information content (AvgIpc) is 2.43. The zero-order chi connectivity index (χ0) is 10.3. The molecule has 0 saturated heterocycles. The molecule has 0 unspecified atom stereocenters. The summed E-state index contributed by atoms with van der Waals surface area (Å²) < 4.78 is 0. The highest BCUT2D eigenvalue weighted by atomic mass is 16.4. The average molecular weight is 190 g/mol. The maximum absolute atomic E-state index is 10.7. The Kier molecular flexibility index (Phi) is 1.77. The lowest BCUT2D eigenvalue weighted by molar-refractivity contribution is 0.0691.